The van der Waals surface area contributed by atoms with Crippen molar-refractivity contribution in [2.24, 2.45) is 5.73 Å². The maximum atomic E-state index is 11.2. The lowest BCUT2D eigenvalue weighted by molar-refractivity contribution is 0.100. The van der Waals surface area contributed by atoms with Crippen molar-refractivity contribution in [3.8, 4) is 0 Å². The molecular formula is C10H16N4O3S. The lowest BCUT2D eigenvalue weighted by Gasteiger charge is -2.12. The molecule has 7 nitrogen and oxygen atoms in total. The number of carbonyl (C=O) groups excluding carboxylic acids is 1. The Bertz CT molecular complexity index is 542. The highest BCUT2D eigenvalue weighted by Gasteiger charge is 2.12. The maximum absolute atomic E-state index is 11.2. The van der Waals surface area contributed by atoms with E-state index in [0.29, 0.717) is 11.4 Å². The number of nitrogens with two attached hydrogens (primary N) is 2. The minimum atomic E-state index is -3.31. The number of primary amides is 1. The maximum Gasteiger partial charge on any atom is 0.250 e. The number of hydrogen-bond donors (Lipinski definition) is 4. The van der Waals surface area contributed by atoms with Crippen molar-refractivity contribution in [1.29, 1.82) is 0 Å². The molecule has 6 N–H and O–H groups in total. The summed E-state index contributed by atoms with van der Waals surface area (Å²) in [6, 6.07) is 4.72. The average molecular weight is 272 g/mol. The molecule has 0 radical (unpaired) electrons. The third kappa shape index (κ3) is 3.60. The number of benzene rings is 1. The summed E-state index contributed by atoms with van der Waals surface area (Å²) >= 11 is 0. The van der Waals surface area contributed by atoms with Crippen LogP contribution in [-0.2, 0) is 10.0 Å². The van der Waals surface area contributed by atoms with Gasteiger partial charge in [0.05, 0.1) is 22.7 Å². The number of carbonyl (C=O) groups is 1. The molecule has 8 heteroatoms. The molecule has 0 unspecified atom stereocenters. The summed E-state index contributed by atoms with van der Waals surface area (Å²) < 4.78 is 24.6. The number of rotatable bonds is 6. The molecule has 0 aliphatic carbocycles. The third-order valence-electron chi connectivity index (χ3n) is 2.35. The second-order valence-electron chi connectivity index (χ2n) is 3.58. The molecule has 1 aromatic carbocycles. The SMILES string of the molecule is CNS(=O)(=O)CCNc1c(N)cccc1C(N)=O. The molecule has 1 rings (SSSR count). The van der Waals surface area contributed by atoms with Crippen LogP contribution in [0.4, 0.5) is 11.4 Å². The van der Waals surface area contributed by atoms with Gasteiger partial charge in [0.25, 0.3) is 5.91 Å². The van der Waals surface area contributed by atoms with Crippen LogP contribution in [0.1, 0.15) is 10.4 Å². The van der Waals surface area contributed by atoms with Crippen molar-refractivity contribution >= 4 is 27.3 Å². The summed E-state index contributed by atoms with van der Waals surface area (Å²) in [5, 5.41) is 2.81. The minimum absolute atomic E-state index is 0.123. The van der Waals surface area contributed by atoms with Crippen LogP contribution in [0.5, 0.6) is 0 Å². The number of anilines is 2. The summed E-state index contributed by atoms with van der Waals surface area (Å²) in [6.45, 7) is 0.123. The number of nitrogen functional groups attached to an aromatic ring is 1. The molecule has 1 amide bonds. The highest BCUT2D eigenvalue weighted by atomic mass is 32.2. The van der Waals surface area contributed by atoms with E-state index >= 15 is 0 Å². The summed E-state index contributed by atoms with van der Waals surface area (Å²) in [5.41, 5.74) is 11.8. The Kier molecular flexibility index (Phi) is 4.51. The van der Waals surface area contributed by atoms with Crippen LogP contribution in [-0.4, -0.2) is 33.7 Å². The van der Waals surface area contributed by atoms with Gasteiger partial charge in [-0.15, -0.1) is 0 Å². The van der Waals surface area contributed by atoms with Crippen molar-refractivity contribution in [3.63, 3.8) is 0 Å². The summed E-state index contributed by atoms with van der Waals surface area (Å²) in [7, 11) is -1.97. The fourth-order valence-corrected chi connectivity index (χ4v) is 1.96. The Balaban J connectivity index is 2.82. The molecule has 18 heavy (non-hydrogen) atoms. The minimum Gasteiger partial charge on any atom is -0.397 e. The van der Waals surface area contributed by atoms with Crippen LogP contribution in [0.15, 0.2) is 18.2 Å². The molecule has 0 spiro atoms. The van der Waals surface area contributed by atoms with Crippen molar-refractivity contribution in [2.75, 3.05) is 30.4 Å². The highest BCUT2D eigenvalue weighted by molar-refractivity contribution is 7.89. The first kappa shape index (κ1) is 14.3. The zero-order valence-electron chi connectivity index (χ0n) is 9.93. The molecule has 0 atom stereocenters. The number of hydrogen-bond acceptors (Lipinski definition) is 5. The standard InChI is InChI=1S/C10H16N4O3S/c1-13-18(16,17)6-5-14-9-7(10(12)15)3-2-4-8(9)11/h2-4,13-14H,5-6,11H2,1H3,(H2,12,15). The summed E-state index contributed by atoms with van der Waals surface area (Å²) in [6.07, 6.45) is 0. The van der Waals surface area contributed by atoms with Crippen LogP contribution in [0.2, 0.25) is 0 Å². The van der Waals surface area contributed by atoms with E-state index in [1.54, 1.807) is 12.1 Å². The molecule has 0 saturated heterocycles. The first-order valence-corrected chi connectivity index (χ1v) is 6.86. The van der Waals surface area contributed by atoms with Gasteiger partial charge < -0.3 is 16.8 Å². The number of para-hydroxylation sites is 1. The van der Waals surface area contributed by atoms with Gasteiger partial charge in [0, 0.05) is 6.54 Å². The van der Waals surface area contributed by atoms with E-state index in [4.69, 9.17) is 11.5 Å². The fourth-order valence-electron chi connectivity index (χ4n) is 1.39. The summed E-state index contributed by atoms with van der Waals surface area (Å²) in [5.74, 6) is -0.753. The summed E-state index contributed by atoms with van der Waals surface area (Å²) in [4.78, 5) is 11.2. The zero-order valence-corrected chi connectivity index (χ0v) is 10.8. The average Bonchev–Trinajstić information content (AvgIpc) is 2.30. The van der Waals surface area contributed by atoms with E-state index in [1.165, 1.54) is 13.1 Å². The van der Waals surface area contributed by atoms with E-state index < -0.39 is 15.9 Å². The second-order valence-corrected chi connectivity index (χ2v) is 5.63. The Morgan fingerprint density at radius 2 is 2.06 bits per heavy atom. The van der Waals surface area contributed by atoms with E-state index in [2.05, 4.69) is 10.0 Å². The first-order valence-electron chi connectivity index (χ1n) is 5.21. The topological polar surface area (TPSA) is 127 Å². The Morgan fingerprint density at radius 3 is 2.61 bits per heavy atom. The quantitative estimate of drug-likeness (QED) is 0.511. The van der Waals surface area contributed by atoms with Gasteiger partial charge in [-0.1, -0.05) is 6.07 Å². The van der Waals surface area contributed by atoms with E-state index in [9.17, 15) is 13.2 Å². The van der Waals surface area contributed by atoms with Gasteiger partial charge in [-0.3, -0.25) is 4.79 Å². The van der Waals surface area contributed by atoms with Crippen LogP contribution >= 0.6 is 0 Å². The molecule has 100 valence electrons. The second kappa shape index (κ2) is 5.69. The lowest BCUT2D eigenvalue weighted by Crippen LogP contribution is -2.27. The van der Waals surface area contributed by atoms with Gasteiger partial charge in [-0.05, 0) is 19.2 Å². The Morgan fingerprint density at radius 1 is 1.39 bits per heavy atom. The van der Waals surface area contributed by atoms with Crippen molar-refractivity contribution in [2.45, 2.75) is 0 Å². The Hall–Kier alpha value is -1.80. The molecule has 0 fully saturated rings. The monoisotopic (exact) mass is 272 g/mol. The van der Waals surface area contributed by atoms with Crippen molar-refractivity contribution in [3.05, 3.63) is 23.8 Å². The van der Waals surface area contributed by atoms with Crippen LogP contribution in [0.25, 0.3) is 0 Å². The number of nitrogens with one attached hydrogen (secondary N) is 2. The predicted molar refractivity (Wildman–Crippen MR) is 70.7 cm³/mol. The van der Waals surface area contributed by atoms with Crippen molar-refractivity contribution in [1.82, 2.24) is 4.72 Å². The fraction of sp³-hybridized carbons (Fsp3) is 0.300. The molecule has 0 aromatic heterocycles. The van der Waals surface area contributed by atoms with E-state index in [0.717, 1.165) is 0 Å². The smallest absolute Gasteiger partial charge is 0.250 e. The highest BCUT2D eigenvalue weighted by Crippen LogP contribution is 2.22. The van der Waals surface area contributed by atoms with Gasteiger partial charge in [-0.25, -0.2) is 13.1 Å². The molecule has 0 saturated carbocycles. The normalized spacial score (nSPS) is 11.2. The Labute approximate surface area is 106 Å². The van der Waals surface area contributed by atoms with Crippen LogP contribution in [0.3, 0.4) is 0 Å². The third-order valence-corrected chi connectivity index (χ3v) is 3.71. The van der Waals surface area contributed by atoms with Crippen LogP contribution in [0, 0.1) is 0 Å². The molecule has 0 bridgehead atoms. The van der Waals surface area contributed by atoms with Gasteiger partial charge in [0.1, 0.15) is 0 Å². The molecule has 1 aromatic rings. The van der Waals surface area contributed by atoms with Crippen molar-refractivity contribution < 1.29 is 13.2 Å². The van der Waals surface area contributed by atoms with Gasteiger partial charge in [-0.2, -0.15) is 0 Å². The van der Waals surface area contributed by atoms with Gasteiger partial charge in [0.15, 0.2) is 0 Å². The van der Waals surface area contributed by atoms with E-state index in [1.807, 2.05) is 0 Å². The van der Waals surface area contributed by atoms with Gasteiger partial charge >= 0.3 is 0 Å². The van der Waals surface area contributed by atoms with E-state index in [-0.39, 0.29) is 17.9 Å². The molecular weight excluding hydrogens is 256 g/mol. The van der Waals surface area contributed by atoms with Crippen LogP contribution < -0.4 is 21.5 Å². The molecule has 0 aliphatic rings. The number of amides is 1. The largest absolute Gasteiger partial charge is 0.397 e. The molecule has 0 heterocycles. The zero-order chi connectivity index (χ0) is 13.8. The number of sulfonamides is 1. The first-order chi connectivity index (χ1) is 8.37. The lowest BCUT2D eigenvalue weighted by atomic mass is 10.1. The molecule has 0 aliphatic heterocycles. The van der Waals surface area contributed by atoms with Gasteiger partial charge in [0.2, 0.25) is 10.0 Å². The predicted octanol–water partition coefficient (Wildman–Crippen LogP) is -0.671.